The van der Waals surface area contributed by atoms with E-state index in [0.717, 1.165) is 12.5 Å². The van der Waals surface area contributed by atoms with Gasteiger partial charge in [-0.25, -0.2) is 0 Å². The van der Waals surface area contributed by atoms with E-state index in [2.05, 4.69) is 33.0 Å². The Balaban J connectivity index is 2.32. The lowest BCUT2D eigenvalue weighted by atomic mass is 9.85. The van der Waals surface area contributed by atoms with Gasteiger partial charge in [-0.2, -0.15) is 0 Å². The zero-order valence-electron chi connectivity index (χ0n) is 11.7. The summed E-state index contributed by atoms with van der Waals surface area (Å²) in [5.74, 6) is 0.891. The Labute approximate surface area is 101 Å². The highest BCUT2D eigenvalue weighted by molar-refractivity contribution is 4.81. The van der Waals surface area contributed by atoms with Crippen molar-refractivity contribution >= 4 is 0 Å². The van der Waals surface area contributed by atoms with Crippen molar-refractivity contribution in [3.63, 3.8) is 0 Å². The van der Waals surface area contributed by atoms with Crippen LogP contribution in [0, 0.1) is 11.3 Å². The van der Waals surface area contributed by atoms with E-state index in [1.54, 1.807) is 0 Å². The van der Waals surface area contributed by atoms with Crippen LogP contribution < -0.4 is 5.32 Å². The molecule has 0 spiro atoms. The molecule has 0 aromatic carbocycles. The molecule has 0 radical (unpaired) electrons. The Morgan fingerprint density at radius 3 is 2.50 bits per heavy atom. The first-order valence-electron chi connectivity index (χ1n) is 6.69. The van der Waals surface area contributed by atoms with Crippen LogP contribution in [-0.4, -0.2) is 25.8 Å². The van der Waals surface area contributed by atoms with E-state index in [-0.39, 0.29) is 5.41 Å². The highest BCUT2D eigenvalue weighted by Crippen LogP contribution is 2.25. The van der Waals surface area contributed by atoms with Crippen molar-refractivity contribution in [3.05, 3.63) is 0 Å². The summed E-state index contributed by atoms with van der Waals surface area (Å²) in [6.45, 7) is 10.1. The fourth-order valence-corrected chi connectivity index (χ4v) is 2.64. The van der Waals surface area contributed by atoms with Gasteiger partial charge in [-0.05, 0) is 24.2 Å². The Hall–Kier alpha value is -0.0800. The Morgan fingerprint density at radius 1 is 1.31 bits per heavy atom. The third-order valence-corrected chi connectivity index (χ3v) is 3.78. The quantitative estimate of drug-likeness (QED) is 0.796. The number of rotatable bonds is 4. The number of ether oxygens (including phenoxy) is 1. The number of nitrogens with one attached hydrogen (secondary N) is 1. The molecule has 1 saturated carbocycles. The van der Waals surface area contributed by atoms with Gasteiger partial charge in [-0.1, -0.05) is 40.5 Å². The average molecular weight is 227 g/mol. The molecule has 3 unspecified atom stereocenters. The predicted octanol–water partition coefficient (Wildman–Crippen LogP) is 3.22. The molecule has 0 bridgehead atoms. The van der Waals surface area contributed by atoms with Crippen LogP contribution in [0.5, 0.6) is 0 Å². The summed E-state index contributed by atoms with van der Waals surface area (Å²) in [5.41, 5.74) is 0.224. The smallest absolute Gasteiger partial charge is 0.0743 e. The van der Waals surface area contributed by atoms with E-state index in [9.17, 15) is 0 Å². The molecule has 0 heterocycles. The molecule has 0 aromatic rings. The van der Waals surface area contributed by atoms with E-state index in [1.165, 1.54) is 25.7 Å². The second kappa shape index (κ2) is 6.02. The van der Waals surface area contributed by atoms with Gasteiger partial charge in [0.25, 0.3) is 0 Å². The second-order valence-corrected chi connectivity index (χ2v) is 6.47. The fourth-order valence-electron chi connectivity index (χ4n) is 2.64. The van der Waals surface area contributed by atoms with E-state index in [0.29, 0.717) is 12.1 Å². The summed E-state index contributed by atoms with van der Waals surface area (Å²) in [5, 5.41) is 3.68. The molecule has 2 heteroatoms. The van der Waals surface area contributed by atoms with Gasteiger partial charge in [0, 0.05) is 19.7 Å². The van der Waals surface area contributed by atoms with Crippen molar-refractivity contribution in [2.45, 2.75) is 65.5 Å². The van der Waals surface area contributed by atoms with Crippen LogP contribution in [-0.2, 0) is 4.74 Å². The Morgan fingerprint density at radius 2 is 2.00 bits per heavy atom. The molecule has 0 aliphatic heterocycles. The largest absolute Gasteiger partial charge is 0.380 e. The van der Waals surface area contributed by atoms with E-state index >= 15 is 0 Å². The Kier molecular flexibility index (Phi) is 5.26. The maximum atomic E-state index is 5.57. The second-order valence-electron chi connectivity index (χ2n) is 6.47. The summed E-state index contributed by atoms with van der Waals surface area (Å²) >= 11 is 0. The van der Waals surface area contributed by atoms with Crippen molar-refractivity contribution in [2.75, 3.05) is 13.7 Å². The molecular formula is C14H29NO. The highest BCUT2D eigenvalue weighted by Gasteiger charge is 2.26. The van der Waals surface area contributed by atoms with Gasteiger partial charge < -0.3 is 10.1 Å². The highest BCUT2D eigenvalue weighted by atomic mass is 16.5. The van der Waals surface area contributed by atoms with Crippen LogP contribution in [0.3, 0.4) is 0 Å². The molecule has 1 rings (SSSR count). The van der Waals surface area contributed by atoms with Gasteiger partial charge in [0.2, 0.25) is 0 Å². The Bertz CT molecular complexity index is 197. The van der Waals surface area contributed by atoms with Crippen molar-refractivity contribution < 1.29 is 4.74 Å². The first kappa shape index (κ1) is 14.0. The third kappa shape index (κ3) is 4.42. The zero-order chi connectivity index (χ0) is 12.2. The molecule has 1 aliphatic rings. The number of hydrogen-bond acceptors (Lipinski definition) is 2. The van der Waals surface area contributed by atoms with E-state index in [1.807, 2.05) is 7.11 Å². The first-order chi connectivity index (χ1) is 7.43. The van der Waals surface area contributed by atoms with Gasteiger partial charge in [-0.3, -0.25) is 0 Å². The van der Waals surface area contributed by atoms with Gasteiger partial charge in [-0.15, -0.1) is 0 Å². The van der Waals surface area contributed by atoms with Crippen molar-refractivity contribution in [1.82, 2.24) is 5.32 Å². The maximum Gasteiger partial charge on any atom is 0.0743 e. The molecule has 3 atom stereocenters. The van der Waals surface area contributed by atoms with Crippen molar-refractivity contribution in [2.24, 2.45) is 11.3 Å². The van der Waals surface area contributed by atoms with Crippen LogP contribution >= 0.6 is 0 Å². The molecule has 1 aliphatic carbocycles. The van der Waals surface area contributed by atoms with Gasteiger partial charge in [0.1, 0.15) is 0 Å². The van der Waals surface area contributed by atoms with Crippen molar-refractivity contribution in [3.8, 4) is 0 Å². The lowest BCUT2D eigenvalue weighted by Gasteiger charge is -2.33. The topological polar surface area (TPSA) is 21.3 Å². The van der Waals surface area contributed by atoms with E-state index in [4.69, 9.17) is 4.74 Å². The lowest BCUT2D eigenvalue weighted by Crippen LogP contribution is -2.43. The molecule has 0 amide bonds. The molecule has 2 nitrogen and oxygen atoms in total. The summed E-state index contributed by atoms with van der Waals surface area (Å²) < 4.78 is 5.57. The maximum absolute atomic E-state index is 5.57. The molecule has 1 fully saturated rings. The van der Waals surface area contributed by atoms with Gasteiger partial charge in [0.05, 0.1) is 6.10 Å². The van der Waals surface area contributed by atoms with Crippen LogP contribution in [0.4, 0.5) is 0 Å². The van der Waals surface area contributed by atoms with Crippen molar-refractivity contribution in [1.29, 1.82) is 0 Å². The number of hydrogen-bond donors (Lipinski definition) is 1. The number of methoxy groups -OCH3 is 1. The normalized spacial score (nSPS) is 29.1. The minimum Gasteiger partial charge on any atom is -0.380 e. The minimum atomic E-state index is 0.224. The minimum absolute atomic E-state index is 0.224. The lowest BCUT2D eigenvalue weighted by molar-refractivity contribution is 0.0143. The third-order valence-electron chi connectivity index (χ3n) is 3.78. The van der Waals surface area contributed by atoms with Gasteiger partial charge >= 0.3 is 0 Å². The van der Waals surface area contributed by atoms with Crippen LogP contribution in [0.2, 0.25) is 0 Å². The van der Waals surface area contributed by atoms with Gasteiger partial charge in [0.15, 0.2) is 0 Å². The predicted molar refractivity (Wildman–Crippen MR) is 69.7 cm³/mol. The molecule has 0 aromatic heterocycles. The monoisotopic (exact) mass is 227 g/mol. The van der Waals surface area contributed by atoms with Crippen LogP contribution in [0.1, 0.15) is 53.4 Å². The summed E-state index contributed by atoms with van der Waals surface area (Å²) in [7, 11) is 1.82. The standard InChI is InChI=1S/C14H29NO/c1-11-7-6-8-12(9-11)15-10-13(16-5)14(2,3)4/h11-13,15H,6-10H2,1-5H3. The SMILES string of the molecule is COC(CNC1CCCC(C)C1)C(C)(C)C. The molecular weight excluding hydrogens is 198 g/mol. The first-order valence-corrected chi connectivity index (χ1v) is 6.69. The fraction of sp³-hybridized carbons (Fsp3) is 1.00. The molecule has 96 valence electrons. The molecule has 0 saturated heterocycles. The zero-order valence-corrected chi connectivity index (χ0v) is 11.7. The molecule has 16 heavy (non-hydrogen) atoms. The van der Waals surface area contributed by atoms with E-state index < -0.39 is 0 Å². The molecule has 1 N–H and O–H groups in total. The summed E-state index contributed by atoms with van der Waals surface area (Å²) in [6, 6.07) is 0.712. The average Bonchev–Trinajstić information content (AvgIpc) is 2.16. The van der Waals surface area contributed by atoms with Crippen LogP contribution in [0.25, 0.3) is 0 Å². The summed E-state index contributed by atoms with van der Waals surface area (Å²) in [6.07, 6.45) is 5.77. The van der Waals surface area contributed by atoms with Crippen LogP contribution in [0.15, 0.2) is 0 Å². The summed E-state index contributed by atoms with van der Waals surface area (Å²) in [4.78, 5) is 0.